The number of hydrogen-bond donors (Lipinski definition) is 2. The highest BCUT2D eigenvalue weighted by molar-refractivity contribution is 7.93. The van der Waals surface area contributed by atoms with E-state index in [1.807, 2.05) is 18.7 Å². The van der Waals surface area contributed by atoms with Crippen molar-refractivity contribution < 1.29 is 36.9 Å². The fourth-order valence-corrected chi connectivity index (χ4v) is 13.3. The molecule has 0 radical (unpaired) electrons. The lowest BCUT2D eigenvalue weighted by Gasteiger charge is -2.63. The lowest BCUT2D eigenvalue weighted by atomic mass is 9.67. The van der Waals surface area contributed by atoms with Gasteiger partial charge in [0.05, 0.1) is 30.9 Å². The van der Waals surface area contributed by atoms with Gasteiger partial charge in [-0.1, -0.05) is 25.8 Å². The van der Waals surface area contributed by atoms with Gasteiger partial charge in [-0.25, -0.2) is 22.1 Å². The minimum Gasteiger partial charge on any atom is -0.508 e. The summed E-state index contributed by atoms with van der Waals surface area (Å²) in [4.78, 5) is 18.1. The number of piperidine rings is 1. The highest BCUT2D eigenvalue weighted by atomic mass is 32.2. The molecule has 2 aromatic heterocycles. The molecule has 4 unspecified atom stereocenters. The summed E-state index contributed by atoms with van der Waals surface area (Å²) in [5.41, 5.74) is -2.28. The maximum atomic E-state index is 17.3. The number of aliphatic hydroxyl groups is 1. The van der Waals surface area contributed by atoms with Gasteiger partial charge < -0.3 is 24.6 Å². The largest absolute Gasteiger partial charge is 0.508 e. The summed E-state index contributed by atoms with van der Waals surface area (Å²) in [6.45, 7) is 6.23. The maximum absolute atomic E-state index is 17.3. The van der Waals surface area contributed by atoms with Crippen molar-refractivity contribution in [1.82, 2.24) is 19.9 Å². The number of anilines is 1. The first-order chi connectivity index (χ1) is 25.7. The molecule has 4 aromatic rings. The molecule has 14 heteroatoms. The van der Waals surface area contributed by atoms with Crippen molar-refractivity contribution in [3.8, 4) is 23.0 Å². The number of nitrogens with zero attached hydrogens (tertiary/aromatic N) is 5. The minimum atomic E-state index is -3.40. The highest BCUT2D eigenvalue weighted by Crippen LogP contribution is 2.60. The summed E-state index contributed by atoms with van der Waals surface area (Å²) in [6.07, 6.45) is 8.86. The van der Waals surface area contributed by atoms with Crippen molar-refractivity contribution in [2.24, 2.45) is 11.3 Å². The Morgan fingerprint density at radius 2 is 1.89 bits per heavy atom. The second-order valence-electron chi connectivity index (χ2n) is 16.8. The van der Waals surface area contributed by atoms with Crippen LogP contribution >= 0.6 is 0 Å². The first kappa shape index (κ1) is 35.9. The van der Waals surface area contributed by atoms with Gasteiger partial charge >= 0.3 is 6.01 Å². The van der Waals surface area contributed by atoms with Crippen LogP contribution in [0.2, 0.25) is 0 Å². The van der Waals surface area contributed by atoms with Gasteiger partial charge in [0.2, 0.25) is 0 Å². The number of rotatable bonds is 6. The number of pyridine rings is 1. The number of aryl methyl sites for hydroxylation is 1. The van der Waals surface area contributed by atoms with E-state index in [0.717, 1.165) is 44.9 Å². The number of hydrogen-bond acceptors (Lipinski definition) is 11. The van der Waals surface area contributed by atoms with Crippen LogP contribution in [-0.2, 0) is 21.0 Å². The van der Waals surface area contributed by atoms with E-state index in [0.29, 0.717) is 41.6 Å². The van der Waals surface area contributed by atoms with Crippen LogP contribution in [0.3, 0.4) is 0 Å². The van der Waals surface area contributed by atoms with Crippen molar-refractivity contribution in [2.75, 3.05) is 37.0 Å². The second kappa shape index (κ2) is 12.7. The molecule has 2 aliphatic carbocycles. The first-order valence-corrected chi connectivity index (χ1v) is 21.0. The Kier molecular flexibility index (Phi) is 8.42. The molecule has 0 amide bonds. The lowest BCUT2D eigenvalue weighted by molar-refractivity contribution is -0.174. The van der Waals surface area contributed by atoms with Crippen LogP contribution in [0, 0.1) is 23.0 Å². The van der Waals surface area contributed by atoms with E-state index in [1.54, 1.807) is 13.0 Å². The Morgan fingerprint density at radius 1 is 1.07 bits per heavy atom. The van der Waals surface area contributed by atoms with Crippen molar-refractivity contribution in [3.05, 3.63) is 47.7 Å². The third-order valence-electron chi connectivity index (χ3n) is 12.9. The molecule has 5 fully saturated rings. The number of phenols is 1. The van der Waals surface area contributed by atoms with Crippen LogP contribution in [0.25, 0.3) is 32.9 Å². The molecule has 0 bridgehead atoms. The summed E-state index contributed by atoms with van der Waals surface area (Å²) >= 11 is 0. The number of ether oxygens (including phenoxy) is 2. The smallest absolute Gasteiger partial charge is 0.320 e. The Balaban J connectivity index is 1.22. The number of aromatic nitrogens is 3. The van der Waals surface area contributed by atoms with Gasteiger partial charge in [-0.3, -0.25) is 4.98 Å². The molecule has 54 heavy (non-hydrogen) atoms. The van der Waals surface area contributed by atoms with Crippen LogP contribution < -0.4 is 9.64 Å². The molecule has 3 aliphatic heterocycles. The number of phenolic OH excluding ortho intramolecular Hbond substituents is 1. The highest BCUT2D eigenvalue weighted by Gasteiger charge is 2.68. The van der Waals surface area contributed by atoms with Crippen molar-refractivity contribution in [2.45, 2.75) is 101 Å². The molecule has 2 N–H and O–H groups in total. The van der Waals surface area contributed by atoms with Gasteiger partial charge in [0.25, 0.3) is 0 Å². The number of benzene rings is 2. The van der Waals surface area contributed by atoms with E-state index in [9.17, 15) is 18.6 Å². The standard InChI is InChI=1S/C40H47F2N5O6S/c1-4-26-29(41)10-9-24-17-25(48)18-27(31(24)26)33-32(42)34-28(19-43-33)35(46-15-16-52-21-38(2,49)20-46)45-37(44-34)53-39(3)14-11-23-7-5-8-30(23)47(39)36-40(12-6-13-40)22-54(36,50)51/h9-10,17-19,23,30,36,48-49H,4-8,11-16,20-22H2,1-3H3/t23?,30?,36?,38-,39?/m0/s1. The number of fused-ring (bicyclic) bond motifs is 3. The topological polar surface area (TPSA) is 138 Å². The Morgan fingerprint density at radius 3 is 2.63 bits per heavy atom. The van der Waals surface area contributed by atoms with Crippen LogP contribution in [0.4, 0.5) is 14.6 Å². The second-order valence-corrected chi connectivity index (χ2v) is 18.9. The van der Waals surface area contributed by atoms with Gasteiger partial charge in [0.1, 0.15) is 39.6 Å². The predicted octanol–water partition coefficient (Wildman–Crippen LogP) is 6.26. The fraction of sp³-hybridized carbons (Fsp3) is 0.575. The minimum absolute atomic E-state index is 0.0267. The van der Waals surface area contributed by atoms with Gasteiger partial charge in [-0.05, 0) is 92.8 Å². The van der Waals surface area contributed by atoms with Crippen LogP contribution in [0.15, 0.2) is 30.5 Å². The van der Waals surface area contributed by atoms with Crippen LogP contribution in [0.1, 0.15) is 77.7 Å². The number of sulfone groups is 1. The molecule has 3 saturated heterocycles. The molecule has 5 atom stereocenters. The molecule has 5 heterocycles. The molecule has 5 aliphatic rings. The summed E-state index contributed by atoms with van der Waals surface area (Å²) in [5.74, 6) is -0.540. The zero-order valence-corrected chi connectivity index (χ0v) is 31.8. The molecule has 288 valence electrons. The van der Waals surface area contributed by atoms with Crippen molar-refractivity contribution in [1.29, 1.82) is 0 Å². The zero-order chi connectivity index (χ0) is 37.8. The van der Waals surface area contributed by atoms with E-state index in [4.69, 9.17) is 19.4 Å². The third-order valence-corrected chi connectivity index (χ3v) is 15.3. The number of β-amino-alcohol motifs (C(OH)–C–C–N with tert-alkyl or cyclic N) is 1. The molecular formula is C40H47F2N5O6S. The van der Waals surface area contributed by atoms with Gasteiger partial charge in [-0.15, -0.1) is 0 Å². The normalized spacial score (nSPS) is 30.6. The molecular weight excluding hydrogens is 717 g/mol. The quantitative estimate of drug-likeness (QED) is 0.230. The van der Waals surface area contributed by atoms with E-state index >= 15 is 8.78 Å². The van der Waals surface area contributed by atoms with E-state index < -0.39 is 38.2 Å². The average molecular weight is 764 g/mol. The van der Waals surface area contributed by atoms with E-state index in [2.05, 4.69) is 9.88 Å². The number of halogens is 2. The predicted molar refractivity (Wildman–Crippen MR) is 200 cm³/mol. The SMILES string of the molecule is CCc1c(F)ccc2cc(O)cc(-c3ncc4c(N5CCOC[C@@](C)(O)C5)nc(OC5(C)CCC6CCCC6N5C5C6(CCC6)CS5(=O)=O)nc4c3F)c12. The molecule has 1 spiro atoms. The number of aromatic hydroxyl groups is 1. The van der Waals surface area contributed by atoms with Crippen molar-refractivity contribution in [3.63, 3.8) is 0 Å². The van der Waals surface area contributed by atoms with Crippen LogP contribution in [-0.4, -0.2) is 93.3 Å². The fourth-order valence-electron chi connectivity index (χ4n) is 10.4. The lowest BCUT2D eigenvalue weighted by Crippen LogP contribution is -2.75. The average Bonchev–Trinajstić information content (AvgIpc) is 3.50. The van der Waals surface area contributed by atoms with Gasteiger partial charge in [-0.2, -0.15) is 9.97 Å². The third kappa shape index (κ3) is 5.64. The molecule has 9 rings (SSSR count). The van der Waals surface area contributed by atoms with Gasteiger partial charge in [0, 0.05) is 36.2 Å². The Hall–Kier alpha value is -3.72. The van der Waals surface area contributed by atoms with Crippen LogP contribution in [0.5, 0.6) is 11.8 Å². The molecule has 2 saturated carbocycles. The van der Waals surface area contributed by atoms with Crippen molar-refractivity contribution >= 4 is 37.3 Å². The maximum Gasteiger partial charge on any atom is 0.320 e. The summed E-state index contributed by atoms with van der Waals surface area (Å²) in [7, 11) is -3.40. The zero-order valence-electron chi connectivity index (χ0n) is 30.9. The first-order valence-electron chi connectivity index (χ1n) is 19.3. The summed E-state index contributed by atoms with van der Waals surface area (Å²) < 4.78 is 72.5. The monoisotopic (exact) mass is 763 g/mol. The number of likely N-dealkylation sites (tertiary alicyclic amines) is 1. The van der Waals surface area contributed by atoms with Gasteiger partial charge in [0.15, 0.2) is 21.4 Å². The Labute approximate surface area is 313 Å². The Bertz CT molecular complexity index is 2290. The summed E-state index contributed by atoms with van der Waals surface area (Å²) in [5, 5.41) is 22.5. The summed E-state index contributed by atoms with van der Waals surface area (Å²) in [6, 6.07) is 5.68. The molecule has 2 aromatic carbocycles. The van der Waals surface area contributed by atoms with E-state index in [-0.39, 0.29) is 76.7 Å². The molecule has 11 nitrogen and oxygen atoms in total. The van der Waals surface area contributed by atoms with E-state index in [1.165, 1.54) is 24.4 Å².